The number of aromatic nitrogens is 2. The van der Waals surface area contributed by atoms with E-state index in [1.54, 1.807) is 23.0 Å². The second-order valence-corrected chi connectivity index (χ2v) is 4.17. The Hall–Kier alpha value is -1.88. The first-order valence-electron chi connectivity index (χ1n) is 5.62. The van der Waals surface area contributed by atoms with Gasteiger partial charge in [-0.3, -0.25) is 4.68 Å². The van der Waals surface area contributed by atoms with Gasteiger partial charge in [-0.15, -0.1) is 0 Å². The number of nitrogens with zero attached hydrogens (tertiary/aromatic N) is 2. The monoisotopic (exact) mass is 249 g/mol. The van der Waals surface area contributed by atoms with Crippen LogP contribution in [0.4, 0.5) is 4.39 Å². The minimum absolute atomic E-state index is 0.370. The van der Waals surface area contributed by atoms with E-state index < -0.39 is 6.04 Å². The molecule has 0 saturated carbocycles. The zero-order valence-corrected chi connectivity index (χ0v) is 10.6. The Kier molecular flexibility index (Phi) is 3.34. The van der Waals surface area contributed by atoms with E-state index in [0.717, 1.165) is 11.3 Å². The van der Waals surface area contributed by atoms with E-state index in [4.69, 9.17) is 10.5 Å². The molecule has 1 atom stereocenters. The first kappa shape index (κ1) is 12.6. The summed E-state index contributed by atoms with van der Waals surface area (Å²) in [7, 11) is 3.33. The van der Waals surface area contributed by atoms with Crippen LogP contribution in [0.2, 0.25) is 0 Å². The zero-order valence-electron chi connectivity index (χ0n) is 10.6. The van der Waals surface area contributed by atoms with Crippen molar-refractivity contribution in [3.63, 3.8) is 0 Å². The van der Waals surface area contributed by atoms with E-state index in [9.17, 15) is 4.39 Å². The first-order valence-corrected chi connectivity index (χ1v) is 5.62. The summed E-state index contributed by atoms with van der Waals surface area (Å²) in [5.41, 5.74) is 8.27. The van der Waals surface area contributed by atoms with E-state index in [-0.39, 0.29) is 5.82 Å². The molecule has 0 aliphatic heterocycles. The molecule has 1 aromatic heterocycles. The summed E-state index contributed by atoms with van der Waals surface area (Å²) in [5.74, 6) is 0.108. The van der Waals surface area contributed by atoms with Gasteiger partial charge < -0.3 is 10.5 Å². The lowest BCUT2D eigenvalue weighted by atomic mass is 10.00. The van der Waals surface area contributed by atoms with Crippen LogP contribution in [-0.4, -0.2) is 16.9 Å². The summed E-state index contributed by atoms with van der Waals surface area (Å²) in [4.78, 5) is 0. The van der Waals surface area contributed by atoms with Crippen LogP contribution >= 0.6 is 0 Å². The Morgan fingerprint density at radius 3 is 2.61 bits per heavy atom. The Labute approximate surface area is 105 Å². The smallest absolute Gasteiger partial charge is 0.132 e. The largest absolute Gasteiger partial charge is 0.497 e. The highest BCUT2D eigenvalue weighted by molar-refractivity contribution is 5.37. The van der Waals surface area contributed by atoms with E-state index in [2.05, 4.69) is 5.10 Å². The van der Waals surface area contributed by atoms with Gasteiger partial charge in [-0.25, -0.2) is 4.39 Å². The van der Waals surface area contributed by atoms with Gasteiger partial charge in [-0.05, 0) is 13.0 Å². The Bertz CT molecular complexity index is 565. The maximum atomic E-state index is 13.9. The molecule has 0 radical (unpaired) electrons. The van der Waals surface area contributed by atoms with Crippen LogP contribution in [0.15, 0.2) is 24.4 Å². The van der Waals surface area contributed by atoms with E-state index in [1.807, 2.05) is 14.0 Å². The van der Waals surface area contributed by atoms with Crippen molar-refractivity contribution in [2.24, 2.45) is 12.8 Å². The Morgan fingerprint density at radius 1 is 1.39 bits per heavy atom. The number of benzene rings is 1. The molecule has 0 amide bonds. The molecule has 0 spiro atoms. The first-order chi connectivity index (χ1) is 8.54. The van der Waals surface area contributed by atoms with Gasteiger partial charge in [0, 0.05) is 29.9 Å². The minimum atomic E-state index is -0.524. The van der Waals surface area contributed by atoms with Crippen molar-refractivity contribution in [3.8, 4) is 5.75 Å². The molecule has 1 unspecified atom stereocenters. The van der Waals surface area contributed by atoms with Gasteiger partial charge in [-0.2, -0.15) is 5.10 Å². The fourth-order valence-electron chi connectivity index (χ4n) is 1.88. The average molecular weight is 249 g/mol. The van der Waals surface area contributed by atoms with E-state index in [0.29, 0.717) is 11.3 Å². The third-order valence-electron chi connectivity index (χ3n) is 3.15. The number of halogens is 1. The van der Waals surface area contributed by atoms with Crippen LogP contribution in [0.25, 0.3) is 0 Å². The molecule has 4 nitrogen and oxygen atoms in total. The highest BCUT2D eigenvalue weighted by Gasteiger charge is 2.18. The number of aryl methyl sites for hydroxylation is 1. The van der Waals surface area contributed by atoms with Crippen molar-refractivity contribution < 1.29 is 9.13 Å². The van der Waals surface area contributed by atoms with E-state index >= 15 is 0 Å². The predicted molar refractivity (Wildman–Crippen MR) is 66.9 cm³/mol. The van der Waals surface area contributed by atoms with Crippen LogP contribution in [0.5, 0.6) is 5.75 Å². The van der Waals surface area contributed by atoms with Crippen molar-refractivity contribution in [1.82, 2.24) is 9.78 Å². The Balaban J connectivity index is 2.40. The normalized spacial score (nSPS) is 12.5. The van der Waals surface area contributed by atoms with Crippen molar-refractivity contribution in [3.05, 3.63) is 47.0 Å². The van der Waals surface area contributed by atoms with Crippen LogP contribution in [0.1, 0.15) is 22.9 Å². The van der Waals surface area contributed by atoms with Gasteiger partial charge in [0.15, 0.2) is 0 Å². The van der Waals surface area contributed by atoms with Gasteiger partial charge in [-0.1, -0.05) is 6.07 Å². The second-order valence-electron chi connectivity index (χ2n) is 4.17. The molecule has 96 valence electrons. The third kappa shape index (κ3) is 2.09. The lowest BCUT2D eigenvalue weighted by Gasteiger charge is -2.13. The van der Waals surface area contributed by atoms with E-state index in [1.165, 1.54) is 13.2 Å². The molecule has 5 heteroatoms. The number of hydrogen-bond acceptors (Lipinski definition) is 3. The standard InChI is InChI=1S/C13H16FN3O/c1-8-11(7-16-17(8)2)13(15)10-5-4-9(18-3)6-12(10)14/h4-7,13H,15H2,1-3H3. The van der Waals surface area contributed by atoms with Gasteiger partial charge in [0.1, 0.15) is 11.6 Å². The molecule has 0 fully saturated rings. The zero-order chi connectivity index (χ0) is 13.3. The quantitative estimate of drug-likeness (QED) is 0.904. The van der Waals surface area contributed by atoms with Gasteiger partial charge in [0.2, 0.25) is 0 Å². The lowest BCUT2D eigenvalue weighted by molar-refractivity contribution is 0.410. The van der Waals surface area contributed by atoms with Gasteiger partial charge in [0.05, 0.1) is 19.3 Å². The Morgan fingerprint density at radius 2 is 2.11 bits per heavy atom. The number of ether oxygens (including phenoxy) is 1. The highest BCUT2D eigenvalue weighted by atomic mass is 19.1. The molecule has 0 saturated heterocycles. The minimum Gasteiger partial charge on any atom is -0.497 e. The van der Waals surface area contributed by atoms with Crippen molar-refractivity contribution in [1.29, 1.82) is 0 Å². The second kappa shape index (κ2) is 4.78. The molecule has 0 aliphatic rings. The number of nitrogens with two attached hydrogens (primary N) is 1. The molecule has 0 bridgehead atoms. The molecular weight excluding hydrogens is 233 g/mol. The number of methoxy groups -OCH3 is 1. The molecule has 18 heavy (non-hydrogen) atoms. The summed E-state index contributed by atoms with van der Waals surface area (Å²) >= 11 is 0. The van der Waals surface area contributed by atoms with Crippen molar-refractivity contribution in [2.45, 2.75) is 13.0 Å². The number of hydrogen-bond donors (Lipinski definition) is 1. The van der Waals surface area contributed by atoms with Crippen molar-refractivity contribution in [2.75, 3.05) is 7.11 Å². The van der Waals surface area contributed by atoms with Crippen molar-refractivity contribution >= 4 is 0 Å². The van der Waals surface area contributed by atoms with Crippen LogP contribution < -0.4 is 10.5 Å². The fraction of sp³-hybridized carbons (Fsp3) is 0.308. The average Bonchev–Trinajstić information content (AvgIpc) is 2.69. The molecule has 1 heterocycles. The summed E-state index contributed by atoms with van der Waals surface area (Å²) in [6.45, 7) is 1.91. The molecule has 0 aliphatic carbocycles. The highest BCUT2D eigenvalue weighted by Crippen LogP contribution is 2.26. The molecule has 1 aromatic carbocycles. The molecule has 2 rings (SSSR count). The van der Waals surface area contributed by atoms with Gasteiger partial charge >= 0.3 is 0 Å². The summed E-state index contributed by atoms with van der Waals surface area (Å²) < 4.78 is 20.6. The summed E-state index contributed by atoms with van der Waals surface area (Å²) in [6.07, 6.45) is 1.67. The third-order valence-corrected chi connectivity index (χ3v) is 3.15. The molecule has 2 N–H and O–H groups in total. The fourth-order valence-corrected chi connectivity index (χ4v) is 1.88. The van der Waals surface area contributed by atoms with Crippen LogP contribution in [-0.2, 0) is 7.05 Å². The maximum absolute atomic E-state index is 13.9. The summed E-state index contributed by atoms with van der Waals surface area (Å²) in [5, 5.41) is 4.12. The topological polar surface area (TPSA) is 53.1 Å². The summed E-state index contributed by atoms with van der Waals surface area (Å²) in [6, 6.07) is 4.15. The lowest BCUT2D eigenvalue weighted by Crippen LogP contribution is -2.14. The molecular formula is C13H16FN3O. The van der Waals surface area contributed by atoms with Crippen LogP contribution in [0.3, 0.4) is 0 Å². The molecule has 2 aromatic rings. The SMILES string of the molecule is COc1ccc(C(N)c2cnn(C)c2C)c(F)c1. The van der Waals surface area contributed by atoms with Gasteiger partial charge in [0.25, 0.3) is 0 Å². The predicted octanol–water partition coefficient (Wildman–Crippen LogP) is 1.92. The van der Waals surface area contributed by atoms with Crippen LogP contribution in [0, 0.1) is 12.7 Å². The maximum Gasteiger partial charge on any atom is 0.132 e. The number of rotatable bonds is 3.